The third kappa shape index (κ3) is 22.6. The van der Waals surface area contributed by atoms with Gasteiger partial charge in [0.05, 0.1) is 13.2 Å². The van der Waals surface area contributed by atoms with Crippen LogP contribution in [0, 0.1) is 0 Å². The molecule has 0 saturated carbocycles. The summed E-state index contributed by atoms with van der Waals surface area (Å²) in [5.74, 6) is 0. The molecule has 0 aliphatic carbocycles. The molecule has 0 amide bonds. The summed E-state index contributed by atoms with van der Waals surface area (Å²) in [6, 6.07) is 0. The monoisotopic (exact) mass is 276 g/mol. The minimum atomic E-state index is -4.67. The van der Waals surface area contributed by atoms with Crippen molar-refractivity contribution in [3.63, 3.8) is 0 Å². The second-order valence-electron chi connectivity index (χ2n) is 2.52. The maximum absolute atomic E-state index is 9.93. The van der Waals surface area contributed by atoms with E-state index in [1.165, 1.54) is 0 Å². The van der Waals surface area contributed by atoms with Crippen LogP contribution in [0.1, 0.15) is 19.3 Å². The van der Waals surface area contributed by atoms with Gasteiger partial charge in [-0.25, -0.2) is 16.8 Å². The van der Waals surface area contributed by atoms with Crippen molar-refractivity contribution in [1.29, 1.82) is 0 Å². The molecule has 0 aromatic rings. The molecule has 0 unspecified atom stereocenters. The van der Waals surface area contributed by atoms with E-state index >= 15 is 0 Å². The van der Waals surface area contributed by atoms with Crippen LogP contribution in [0.2, 0.25) is 0 Å². The standard InChI is InChI=1S/C5H12O8S2.2Li/c6-14(7,8)12-4-2-1-3-5-13-15(9,10)11;;/h1-5H2,(H,6,7,8)(H,9,10,11);;/q;2*+1/p-2. The average molecular weight is 276 g/mol. The summed E-state index contributed by atoms with van der Waals surface area (Å²) in [6.45, 7) is -0.536. The first kappa shape index (κ1) is 23.1. The van der Waals surface area contributed by atoms with Crippen molar-refractivity contribution in [2.24, 2.45) is 0 Å². The molecule has 12 heteroatoms. The van der Waals surface area contributed by atoms with Gasteiger partial charge in [0.2, 0.25) is 20.8 Å². The summed E-state index contributed by atoms with van der Waals surface area (Å²) in [4.78, 5) is 0. The van der Waals surface area contributed by atoms with Crippen LogP contribution in [-0.2, 0) is 29.2 Å². The second kappa shape index (κ2) is 10.8. The molecule has 17 heavy (non-hydrogen) atoms. The maximum Gasteiger partial charge on any atom is 1.00 e. The first-order valence-corrected chi connectivity index (χ1v) is 6.58. The van der Waals surface area contributed by atoms with Crippen LogP contribution in [-0.4, -0.2) is 39.2 Å². The third-order valence-electron chi connectivity index (χ3n) is 1.24. The third-order valence-corrected chi connectivity index (χ3v) is 2.15. The van der Waals surface area contributed by atoms with Gasteiger partial charge in [0.15, 0.2) is 0 Å². The van der Waals surface area contributed by atoms with Crippen molar-refractivity contribution in [2.75, 3.05) is 13.2 Å². The first-order valence-electron chi connectivity index (χ1n) is 3.91. The predicted molar refractivity (Wildman–Crippen MR) is 45.1 cm³/mol. The topological polar surface area (TPSA) is 133 Å². The molecule has 0 aromatic heterocycles. The predicted octanol–water partition coefficient (Wildman–Crippen LogP) is -6.88. The smallest absolute Gasteiger partial charge is 0.726 e. The van der Waals surface area contributed by atoms with Gasteiger partial charge < -0.3 is 9.11 Å². The Bertz CT molecular complexity index is 327. The SMILES string of the molecule is O=S(=O)([O-])OCCCCCOS(=O)(=O)[O-].[Li+].[Li+]. The van der Waals surface area contributed by atoms with Gasteiger partial charge in [-0.15, -0.1) is 0 Å². The van der Waals surface area contributed by atoms with Gasteiger partial charge in [-0.3, -0.25) is 8.37 Å². The molecule has 0 fully saturated rings. The van der Waals surface area contributed by atoms with Crippen molar-refractivity contribution < 1.29 is 72.0 Å². The molecular weight excluding hydrogens is 266 g/mol. The van der Waals surface area contributed by atoms with E-state index in [4.69, 9.17) is 0 Å². The fourth-order valence-corrected chi connectivity index (χ4v) is 1.35. The van der Waals surface area contributed by atoms with E-state index in [9.17, 15) is 25.9 Å². The molecule has 0 aliphatic heterocycles. The van der Waals surface area contributed by atoms with Crippen LogP contribution < -0.4 is 37.7 Å². The average Bonchev–Trinajstić information content (AvgIpc) is 1.98. The van der Waals surface area contributed by atoms with Crippen molar-refractivity contribution >= 4 is 20.8 Å². The molecule has 92 valence electrons. The van der Waals surface area contributed by atoms with E-state index < -0.39 is 20.8 Å². The zero-order valence-corrected chi connectivity index (χ0v) is 11.3. The Kier molecular flexibility index (Phi) is 14.7. The van der Waals surface area contributed by atoms with E-state index in [1.54, 1.807) is 0 Å². The number of rotatable bonds is 8. The van der Waals surface area contributed by atoms with Crippen LogP contribution in [0.5, 0.6) is 0 Å². The normalized spacial score (nSPS) is 11.4. The summed E-state index contributed by atoms with van der Waals surface area (Å²) in [5, 5.41) is 0. The Morgan fingerprint density at radius 3 is 1.24 bits per heavy atom. The zero-order chi connectivity index (χ0) is 11.9. The number of hydrogen-bond donors (Lipinski definition) is 0. The molecule has 0 bridgehead atoms. The van der Waals surface area contributed by atoms with Gasteiger partial charge >= 0.3 is 37.7 Å². The second-order valence-corrected chi connectivity index (χ2v) is 4.63. The van der Waals surface area contributed by atoms with E-state index in [-0.39, 0.29) is 63.8 Å². The summed E-state index contributed by atoms with van der Waals surface area (Å²) in [5.41, 5.74) is 0. The van der Waals surface area contributed by atoms with E-state index in [0.29, 0.717) is 6.42 Å². The van der Waals surface area contributed by atoms with Gasteiger partial charge in [-0.05, 0) is 19.3 Å². The van der Waals surface area contributed by atoms with Crippen LogP contribution in [0.25, 0.3) is 0 Å². The van der Waals surface area contributed by atoms with E-state index in [1.807, 2.05) is 0 Å². The molecule has 0 saturated heterocycles. The minimum Gasteiger partial charge on any atom is -0.726 e. The van der Waals surface area contributed by atoms with Gasteiger partial charge in [-0.2, -0.15) is 0 Å². The summed E-state index contributed by atoms with van der Waals surface area (Å²) >= 11 is 0. The molecule has 0 N–H and O–H groups in total. The van der Waals surface area contributed by atoms with Crippen molar-refractivity contribution in [3.05, 3.63) is 0 Å². The summed E-state index contributed by atoms with van der Waals surface area (Å²) in [6.07, 6.45) is 0.887. The van der Waals surface area contributed by atoms with Crippen LogP contribution in [0.15, 0.2) is 0 Å². The molecule has 0 aliphatic rings. The molecule has 8 nitrogen and oxygen atoms in total. The van der Waals surface area contributed by atoms with Gasteiger partial charge in [0.1, 0.15) is 0 Å². The molecule has 0 radical (unpaired) electrons. The molecule has 0 rings (SSSR count). The van der Waals surface area contributed by atoms with Crippen molar-refractivity contribution in [1.82, 2.24) is 0 Å². The largest absolute Gasteiger partial charge is 1.00 e. The Balaban J connectivity index is -0.000000980. The van der Waals surface area contributed by atoms with Crippen LogP contribution in [0.3, 0.4) is 0 Å². The Hall–Kier alpha value is 0.935. The number of unbranched alkanes of at least 4 members (excludes halogenated alkanes) is 2. The Morgan fingerprint density at radius 2 is 1.00 bits per heavy atom. The van der Waals surface area contributed by atoms with Gasteiger partial charge in [0, 0.05) is 0 Å². The van der Waals surface area contributed by atoms with E-state index in [0.717, 1.165) is 0 Å². The minimum absolute atomic E-state index is 0. The van der Waals surface area contributed by atoms with Gasteiger partial charge in [-0.1, -0.05) is 0 Å². The van der Waals surface area contributed by atoms with Crippen LogP contribution >= 0.6 is 0 Å². The van der Waals surface area contributed by atoms with Crippen LogP contribution in [0.4, 0.5) is 0 Å². The van der Waals surface area contributed by atoms with Crippen molar-refractivity contribution in [3.8, 4) is 0 Å². The van der Waals surface area contributed by atoms with Gasteiger partial charge in [0.25, 0.3) is 0 Å². The zero-order valence-electron chi connectivity index (χ0n) is 9.62. The first-order chi connectivity index (χ1) is 6.71. The van der Waals surface area contributed by atoms with Crippen molar-refractivity contribution in [2.45, 2.75) is 19.3 Å². The summed E-state index contributed by atoms with van der Waals surface area (Å²) in [7, 11) is -9.33. The maximum atomic E-state index is 9.93. The Labute approximate surface area is 125 Å². The quantitative estimate of drug-likeness (QED) is 0.185. The fraction of sp³-hybridized carbons (Fsp3) is 1.00. The Morgan fingerprint density at radius 1 is 0.706 bits per heavy atom. The summed E-state index contributed by atoms with van der Waals surface area (Å²) < 4.78 is 67.3. The molecule has 0 atom stereocenters. The molecule has 0 heterocycles. The fourth-order valence-electron chi connectivity index (χ4n) is 0.703. The molecule has 0 aromatic carbocycles. The number of hydrogen-bond acceptors (Lipinski definition) is 8. The van der Waals surface area contributed by atoms with E-state index in [2.05, 4.69) is 8.37 Å². The molecular formula is C5H10Li2O8S2. The molecule has 0 spiro atoms.